The fourth-order valence-corrected chi connectivity index (χ4v) is 1.24. The molecule has 1 aromatic carbocycles. The molecule has 0 amide bonds. The minimum atomic E-state index is 1.08. The quantitative estimate of drug-likeness (QED) is 0.735. The molecular formula is C16H22N2. The van der Waals surface area contributed by atoms with Crippen molar-refractivity contribution in [2.24, 2.45) is 5.10 Å². The molecular weight excluding hydrogens is 220 g/mol. The van der Waals surface area contributed by atoms with Crippen molar-refractivity contribution in [3.63, 3.8) is 0 Å². The van der Waals surface area contributed by atoms with Crippen LogP contribution in [0.4, 0.5) is 5.69 Å². The molecule has 0 bridgehead atoms. The van der Waals surface area contributed by atoms with Crippen LogP contribution in [0.25, 0.3) is 0 Å². The van der Waals surface area contributed by atoms with Crippen molar-refractivity contribution in [3.05, 3.63) is 54.3 Å². The first-order chi connectivity index (χ1) is 8.77. The maximum absolute atomic E-state index is 4.26. The molecule has 1 heterocycles. The monoisotopic (exact) mass is 242 g/mol. The first kappa shape index (κ1) is 14.2. The lowest BCUT2D eigenvalue weighted by atomic mass is 10.2. The summed E-state index contributed by atoms with van der Waals surface area (Å²) in [7, 11) is 0. The molecule has 2 nitrogen and oxygen atoms in total. The van der Waals surface area contributed by atoms with Gasteiger partial charge in [-0.25, -0.2) is 5.01 Å². The van der Waals surface area contributed by atoms with Crippen LogP contribution in [0.5, 0.6) is 0 Å². The van der Waals surface area contributed by atoms with Crippen molar-refractivity contribution in [2.75, 3.05) is 5.01 Å². The Hall–Kier alpha value is -1.83. The van der Waals surface area contributed by atoms with Gasteiger partial charge in [-0.15, -0.1) is 0 Å². The zero-order valence-corrected chi connectivity index (χ0v) is 11.5. The lowest BCUT2D eigenvalue weighted by molar-refractivity contribution is 0.886. The van der Waals surface area contributed by atoms with Gasteiger partial charge in [0.1, 0.15) is 0 Å². The highest BCUT2D eigenvalue weighted by atomic mass is 15.4. The van der Waals surface area contributed by atoms with Gasteiger partial charge in [-0.1, -0.05) is 50.5 Å². The third kappa shape index (κ3) is 5.00. The molecule has 0 unspecified atom stereocenters. The highest BCUT2D eigenvalue weighted by molar-refractivity contribution is 5.74. The predicted molar refractivity (Wildman–Crippen MR) is 81.0 cm³/mol. The third-order valence-electron chi connectivity index (χ3n) is 2.53. The van der Waals surface area contributed by atoms with Gasteiger partial charge in [0.15, 0.2) is 0 Å². The molecule has 0 aromatic heterocycles. The summed E-state index contributed by atoms with van der Waals surface area (Å²) in [4.78, 5) is 0. The average Bonchev–Trinajstić information content (AvgIpc) is 2.69. The minimum Gasteiger partial charge on any atom is -0.241 e. The minimum absolute atomic E-state index is 1.08. The van der Waals surface area contributed by atoms with Crippen LogP contribution in [-0.2, 0) is 0 Å². The van der Waals surface area contributed by atoms with Crippen molar-refractivity contribution < 1.29 is 0 Å². The normalized spacial score (nSPS) is 12.9. The lowest BCUT2D eigenvalue weighted by Crippen LogP contribution is -2.06. The van der Waals surface area contributed by atoms with E-state index in [4.69, 9.17) is 0 Å². The largest absolute Gasteiger partial charge is 0.241 e. The summed E-state index contributed by atoms with van der Waals surface area (Å²) in [5, 5.41) is 6.10. The second kappa shape index (κ2) is 8.29. The lowest BCUT2D eigenvalue weighted by Gasteiger charge is -2.13. The average molecular weight is 242 g/mol. The number of rotatable bonds is 2. The van der Waals surface area contributed by atoms with Gasteiger partial charge in [0.05, 0.1) is 5.69 Å². The van der Waals surface area contributed by atoms with E-state index in [1.165, 1.54) is 18.4 Å². The number of hydrogen-bond donors (Lipinski definition) is 0. The summed E-state index contributed by atoms with van der Waals surface area (Å²) >= 11 is 0. The molecule has 1 aliphatic rings. The molecule has 0 N–H and O–H groups in total. The summed E-state index contributed by atoms with van der Waals surface area (Å²) in [5.41, 5.74) is 2.33. The van der Waals surface area contributed by atoms with Crippen molar-refractivity contribution in [1.82, 2.24) is 0 Å². The number of allylic oxidation sites excluding steroid dienone is 3. The second-order valence-electron chi connectivity index (χ2n) is 4.17. The smallest absolute Gasteiger partial charge is 0.0645 e. The van der Waals surface area contributed by atoms with E-state index < -0.39 is 0 Å². The summed E-state index contributed by atoms with van der Waals surface area (Å²) in [6, 6.07) is 8.28. The van der Waals surface area contributed by atoms with Crippen LogP contribution >= 0.6 is 0 Å². The Kier molecular flexibility index (Phi) is 6.55. The van der Waals surface area contributed by atoms with Crippen LogP contribution in [-0.4, -0.2) is 6.21 Å². The van der Waals surface area contributed by atoms with Gasteiger partial charge in [-0.3, -0.25) is 0 Å². The number of hydrazone groups is 1. The van der Waals surface area contributed by atoms with E-state index in [0.29, 0.717) is 0 Å². The number of anilines is 1. The van der Waals surface area contributed by atoms with E-state index in [-0.39, 0.29) is 0 Å². The van der Waals surface area contributed by atoms with Crippen molar-refractivity contribution >= 4 is 11.9 Å². The molecule has 0 saturated heterocycles. The summed E-state index contributed by atoms with van der Waals surface area (Å²) in [6.07, 6.45) is 12.2. The molecule has 1 aromatic rings. The molecule has 96 valence electrons. The van der Waals surface area contributed by atoms with Crippen molar-refractivity contribution in [2.45, 2.75) is 33.6 Å². The predicted octanol–water partition coefficient (Wildman–Crippen LogP) is 4.68. The van der Waals surface area contributed by atoms with Crippen molar-refractivity contribution in [1.29, 1.82) is 0 Å². The zero-order chi connectivity index (χ0) is 13.2. The molecule has 0 aliphatic carbocycles. The fraction of sp³-hybridized carbons (Fsp3) is 0.312. The molecule has 1 aliphatic heterocycles. The first-order valence-electron chi connectivity index (χ1n) is 6.51. The second-order valence-corrected chi connectivity index (χ2v) is 4.17. The van der Waals surface area contributed by atoms with Crippen LogP contribution in [0.1, 0.15) is 32.3 Å². The Balaban J connectivity index is 0.000000357. The Morgan fingerprint density at radius 3 is 2.22 bits per heavy atom. The maximum Gasteiger partial charge on any atom is 0.0645 e. The molecule has 0 atom stereocenters. The molecule has 18 heavy (non-hydrogen) atoms. The third-order valence-corrected chi connectivity index (χ3v) is 2.53. The Labute approximate surface area is 110 Å². The first-order valence-corrected chi connectivity index (χ1v) is 6.51. The molecule has 2 heteroatoms. The topological polar surface area (TPSA) is 15.6 Å². The number of benzene rings is 1. The fourth-order valence-electron chi connectivity index (χ4n) is 1.24. The van der Waals surface area contributed by atoms with Crippen LogP contribution in [0.2, 0.25) is 0 Å². The summed E-state index contributed by atoms with van der Waals surface area (Å²) in [6.45, 7) is 6.44. The Morgan fingerprint density at radius 2 is 1.61 bits per heavy atom. The zero-order valence-electron chi connectivity index (χ0n) is 11.5. The van der Waals surface area contributed by atoms with Gasteiger partial charge >= 0.3 is 0 Å². The summed E-state index contributed by atoms with van der Waals surface area (Å²) < 4.78 is 0. The van der Waals surface area contributed by atoms with Gasteiger partial charge in [-0.05, 0) is 31.2 Å². The van der Waals surface area contributed by atoms with Crippen molar-refractivity contribution in [3.8, 4) is 0 Å². The Morgan fingerprint density at radius 1 is 0.944 bits per heavy atom. The SMILES string of the molecule is CCCC.Cc1ccc(N2C=CC=CC=N2)cc1. The highest BCUT2D eigenvalue weighted by Gasteiger charge is 1.99. The molecule has 2 rings (SSSR count). The van der Waals surface area contributed by atoms with Crippen LogP contribution in [0.3, 0.4) is 0 Å². The Bertz CT molecular complexity index is 395. The van der Waals surface area contributed by atoms with Crippen LogP contribution < -0.4 is 5.01 Å². The van der Waals surface area contributed by atoms with Gasteiger partial charge < -0.3 is 0 Å². The van der Waals surface area contributed by atoms with E-state index in [1.807, 2.05) is 29.4 Å². The van der Waals surface area contributed by atoms with Gasteiger partial charge in [0.25, 0.3) is 0 Å². The van der Waals surface area contributed by atoms with Gasteiger partial charge in [0.2, 0.25) is 0 Å². The molecule has 0 saturated carbocycles. The van der Waals surface area contributed by atoms with E-state index in [0.717, 1.165) is 5.69 Å². The summed E-state index contributed by atoms with van der Waals surface area (Å²) in [5.74, 6) is 0. The van der Waals surface area contributed by atoms with Gasteiger partial charge in [0, 0.05) is 12.4 Å². The molecule has 0 fully saturated rings. The van der Waals surface area contributed by atoms with E-state index in [9.17, 15) is 0 Å². The molecule has 0 radical (unpaired) electrons. The number of nitrogens with zero attached hydrogens (tertiary/aromatic N) is 2. The number of aryl methyl sites for hydroxylation is 1. The van der Waals surface area contributed by atoms with Crippen LogP contribution in [0, 0.1) is 6.92 Å². The molecule has 0 spiro atoms. The number of hydrogen-bond acceptors (Lipinski definition) is 2. The maximum atomic E-state index is 4.26. The number of unbranched alkanes of at least 4 members (excludes halogenated alkanes) is 1. The van der Waals surface area contributed by atoms with E-state index in [2.05, 4.69) is 50.1 Å². The van der Waals surface area contributed by atoms with Crippen LogP contribution in [0.15, 0.2) is 53.8 Å². The van der Waals surface area contributed by atoms with Gasteiger partial charge in [-0.2, -0.15) is 5.10 Å². The van der Waals surface area contributed by atoms with E-state index >= 15 is 0 Å². The van der Waals surface area contributed by atoms with E-state index in [1.54, 1.807) is 6.21 Å². The highest BCUT2D eigenvalue weighted by Crippen LogP contribution is 2.16. The standard InChI is InChI=1S/C12H12N2.C4H10/c1-11-5-7-12(8-6-11)14-10-4-2-3-9-13-14;1-3-4-2/h2-10H,1H3;3-4H2,1-2H3.